The van der Waals surface area contributed by atoms with Gasteiger partial charge in [0.05, 0.1) is 13.0 Å². The summed E-state index contributed by atoms with van der Waals surface area (Å²) < 4.78 is 4.75. The van der Waals surface area contributed by atoms with Crippen molar-refractivity contribution in [3.8, 4) is 0 Å². The molecular weight excluding hydrogens is 250 g/mol. The van der Waals surface area contributed by atoms with Crippen LogP contribution in [0.15, 0.2) is 0 Å². The first-order chi connectivity index (χ1) is 8.97. The van der Waals surface area contributed by atoms with Crippen LogP contribution >= 0.6 is 0 Å². The molecule has 0 spiro atoms. The monoisotopic (exact) mass is 271 g/mol. The smallest absolute Gasteiger partial charge is 0.321 e. The lowest BCUT2D eigenvalue weighted by Gasteiger charge is -2.14. The molecule has 0 aromatic heterocycles. The van der Waals surface area contributed by atoms with Crippen LogP contribution < -0.4 is 10.6 Å². The fraction of sp³-hybridized carbons (Fsp3) is 0.750. The molecule has 0 radical (unpaired) electrons. The molecule has 2 atom stereocenters. The Balaban J connectivity index is 2.34. The molecule has 1 fully saturated rings. The van der Waals surface area contributed by atoms with E-state index in [9.17, 15) is 14.4 Å². The Bertz CT molecular complexity index is 359. The van der Waals surface area contributed by atoms with Gasteiger partial charge in [-0.2, -0.15) is 0 Å². The van der Waals surface area contributed by atoms with Crippen LogP contribution in [0, 0.1) is 11.8 Å². The Morgan fingerprint density at radius 3 is 2.58 bits per heavy atom. The molecule has 0 aromatic rings. The third-order valence-electron chi connectivity index (χ3n) is 3.33. The highest BCUT2D eigenvalue weighted by molar-refractivity contribution is 5.94. The largest absolute Gasteiger partial charge is 0.469 e. The van der Waals surface area contributed by atoms with Gasteiger partial charge in [-0.1, -0.05) is 6.92 Å². The molecular formula is C12H21N3O4. The van der Waals surface area contributed by atoms with Gasteiger partial charge in [0.25, 0.3) is 0 Å². The minimum absolute atomic E-state index is 0.132. The van der Waals surface area contributed by atoms with Crippen molar-refractivity contribution in [1.29, 1.82) is 0 Å². The quantitative estimate of drug-likeness (QED) is 0.678. The molecule has 2 N–H and O–H groups in total. The van der Waals surface area contributed by atoms with Crippen molar-refractivity contribution < 1.29 is 19.1 Å². The van der Waals surface area contributed by atoms with Crippen LogP contribution in [0.4, 0.5) is 4.79 Å². The molecule has 7 nitrogen and oxygen atoms in total. The summed E-state index contributed by atoms with van der Waals surface area (Å²) in [6, 6.07) is -0.507. The lowest BCUT2D eigenvalue weighted by Crippen LogP contribution is -2.39. The van der Waals surface area contributed by atoms with Crippen molar-refractivity contribution in [2.75, 3.05) is 33.8 Å². The number of nitrogens with one attached hydrogen (secondary N) is 2. The second kappa shape index (κ2) is 7.08. The van der Waals surface area contributed by atoms with Crippen LogP contribution in [0.25, 0.3) is 0 Å². The average Bonchev–Trinajstić information content (AvgIpc) is 2.76. The van der Waals surface area contributed by atoms with Gasteiger partial charge in [-0.15, -0.1) is 0 Å². The van der Waals surface area contributed by atoms with Gasteiger partial charge in [0, 0.05) is 33.1 Å². The van der Waals surface area contributed by atoms with Crippen molar-refractivity contribution in [3.63, 3.8) is 0 Å². The molecule has 0 aliphatic carbocycles. The Kier molecular flexibility index (Phi) is 5.75. The van der Waals surface area contributed by atoms with Crippen molar-refractivity contribution >= 4 is 17.9 Å². The van der Waals surface area contributed by atoms with Crippen LogP contribution in [0.1, 0.15) is 13.3 Å². The fourth-order valence-corrected chi connectivity index (χ4v) is 2.22. The van der Waals surface area contributed by atoms with E-state index in [1.54, 1.807) is 0 Å². The Morgan fingerprint density at radius 1 is 1.32 bits per heavy atom. The maximum Gasteiger partial charge on any atom is 0.321 e. The summed E-state index contributed by atoms with van der Waals surface area (Å²) in [5.74, 6) is -0.445. The number of esters is 1. The van der Waals surface area contributed by atoms with E-state index in [4.69, 9.17) is 4.74 Å². The molecule has 7 heteroatoms. The van der Waals surface area contributed by atoms with Crippen molar-refractivity contribution in [1.82, 2.24) is 15.5 Å². The van der Waals surface area contributed by atoms with Gasteiger partial charge in [-0.05, 0) is 5.92 Å². The summed E-state index contributed by atoms with van der Waals surface area (Å²) in [6.07, 6.45) is 0.230. The summed E-state index contributed by atoms with van der Waals surface area (Å²) in [5, 5.41) is 4.52. The second-order valence-electron chi connectivity index (χ2n) is 4.74. The molecule has 108 valence electrons. The predicted molar refractivity (Wildman–Crippen MR) is 68.3 cm³/mol. The molecule has 2 unspecified atom stereocenters. The number of carbonyl (C=O) groups excluding carboxylic acids is 3. The molecule has 3 amide bonds. The van der Waals surface area contributed by atoms with E-state index < -0.39 is 6.03 Å². The number of amides is 3. The average molecular weight is 271 g/mol. The molecule has 1 rings (SSSR count). The van der Waals surface area contributed by atoms with Gasteiger partial charge in [0.15, 0.2) is 0 Å². The Labute approximate surface area is 112 Å². The highest BCUT2D eigenvalue weighted by atomic mass is 16.5. The predicted octanol–water partition coefficient (Wildman–Crippen LogP) is -0.427. The van der Waals surface area contributed by atoms with Gasteiger partial charge >= 0.3 is 12.0 Å². The van der Waals surface area contributed by atoms with E-state index in [0.717, 1.165) is 6.54 Å². The summed E-state index contributed by atoms with van der Waals surface area (Å²) >= 11 is 0. The number of likely N-dealkylation sites (tertiary alicyclic amines) is 1. The molecule has 19 heavy (non-hydrogen) atoms. The van der Waals surface area contributed by atoms with Gasteiger partial charge in [0.2, 0.25) is 5.91 Å². The van der Waals surface area contributed by atoms with Gasteiger partial charge < -0.3 is 15.0 Å². The normalized spacial score (nSPS) is 22.9. The third-order valence-corrected chi connectivity index (χ3v) is 3.33. The summed E-state index contributed by atoms with van der Waals surface area (Å²) in [7, 11) is 2.83. The van der Waals surface area contributed by atoms with Crippen LogP contribution in [-0.2, 0) is 14.3 Å². The van der Waals surface area contributed by atoms with E-state index in [-0.39, 0.29) is 30.1 Å². The number of imide groups is 1. The number of methoxy groups -OCH3 is 1. The molecule has 1 aliphatic rings. The highest BCUT2D eigenvalue weighted by Gasteiger charge is 2.35. The van der Waals surface area contributed by atoms with Crippen LogP contribution in [0.2, 0.25) is 0 Å². The standard InChI is InChI=1S/C12H21N3O4/c1-8-6-15(7-9(8)11(17)19-3)5-4-10(16)14-12(18)13-2/h8-9H,4-7H2,1-3H3,(H2,13,14,16,18). The van der Waals surface area contributed by atoms with Crippen LogP contribution in [0.3, 0.4) is 0 Å². The molecule has 0 bridgehead atoms. The van der Waals surface area contributed by atoms with Crippen molar-refractivity contribution in [2.24, 2.45) is 11.8 Å². The van der Waals surface area contributed by atoms with Gasteiger partial charge in [-0.25, -0.2) is 4.79 Å². The third kappa shape index (κ3) is 4.51. The van der Waals surface area contributed by atoms with Crippen molar-refractivity contribution in [2.45, 2.75) is 13.3 Å². The molecule has 1 saturated heterocycles. The van der Waals surface area contributed by atoms with Crippen molar-refractivity contribution in [3.05, 3.63) is 0 Å². The number of ether oxygens (including phenoxy) is 1. The zero-order valence-corrected chi connectivity index (χ0v) is 11.6. The van der Waals surface area contributed by atoms with Gasteiger partial charge in [-0.3, -0.25) is 14.9 Å². The molecule has 1 heterocycles. The lowest BCUT2D eigenvalue weighted by atomic mass is 9.99. The minimum Gasteiger partial charge on any atom is -0.469 e. The summed E-state index contributed by atoms with van der Waals surface area (Å²) in [4.78, 5) is 35.9. The number of nitrogens with zero attached hydrogens (tertiary/aromatic N) is 1. The molecule has 0 saturated carbocycles. The molecule has 0 aromatic carbocycles. The first-order valence-corrected chi connectivity index (χ1v) is 6.29. The fourth-order valence-electron chi connectivity index (χ4n) is 2.22. The van der Waals surface area contributed by atoms with E-state index in [1.807, 2.05) is 11.8 Å². The number of hydrogen-bond donors (Lipinski definition) is 2. The zero-order chi connectivity index (χ0) is 14.4. The topological polar surface area (TPSA) is 87.7 Å². The van der Waals surface area contributed by atoms with E-state index in [2.05, 4.69) is 10.6 Å². The highest BCUT2D eigenvalue weighted by Crippen LogP contribution is 2.23. The maximum absolute atomic E-state index is 11.5. The van der Waals surface area contributed by atoms with Crippen LogP contribution in [0.5, 0.6) is 0 Å². The number of urea groups is 1. The zero-order valence-electron chi connectivity index (χ0n) is 11.6. The van der Waals surface area contributed by atoms with E-state index in [0.29, 0.717) is 13.1 Å². The first kappa shape index (κ1) is 15.4. The SMILES string of the molecule is CNC(=O)NC(=O)CCN1CC(C)C(C(=O)OC)C1. The lowest BCUT2D eigenvalue weighted by molar-refractivity contribution is -0.146. The summed E-state index contributed by atoms with van der Waals surface area (Å²) in [5.41, 5.74) is 0. The molecule has 1 aliphatic heterocycles. The Morgan fingerprint density at radius 2 is 2.00 bits per heavy atom. The second-order valence-corrected chi connectivity index (χ2v) is 4.74. The maximum atomic E-state index is 11.5. The van der Waals surface area contributed by atoms with E-state index >= 15 is 0 Å². The summed E-state index contributed by atoms with van der Waals surface area (Å²) in [6.45, 7) is 3.88. The van der Waals surface area contributed by atoms with E-state index in [1.165, 1.54) is 14.2 Å². The number of hydrogen-bond acceptors (Lipinski definition) is 5. The Hall–Kier alpha value is -1.63. The van der Waals surface area contributed by atoms with Crippen LogP contribution in [-0.4, -0.2) is 56.6 Å². The number of rotatable bonds is 4. The first-order valence-electron chi connectivity index (χ1n) is 6.29. The number of carbonyl (C=O) groups is 3. The van der Waals surface area contributed by atoms with Gasteiger partial charge in [0.1, 0.15) is 0 Å². The minimum atomic E-state index is -0.507.